The molecular weight excluding hydrogens is 339 g/mol. The van der Waals surface area contributed by atoms with Crippen molar-refractivity contribution in [3.63, 3.8) is 0 Å². The van der Waals surface area contributed by atoms with Gasteiger partial charge in [0.25, 0.3) is 0 Å². The first-order valence-electron chi connectivity index (χ1n) is 8.72. The third-order valence-electron chi connectivity index (χ3n) is 3.45. The van der Waals surface area contributed by atoms with Gasteiger partial charge in [-0.1, -0.05) is 26.0 Å². The van der Waals surface area contributed by atoms with E-state index in [0.29, 0.717) is 0 Å². The van der Waals surface area contributed by atoms with E-state index in [-0.39, 0.29) is 43.2 Å². The van der Waals surface area contributed by atoms with E-state index < -0.39 is 17.5 Å². The fourth-order valence-electron chi connectivity index (χ4n) is 2.04. The van der Waals surface area contributed by atoms with Gasteiger partial charge in [-0.25, -0.2) is 9.18 Å². The van der Waals surface area contributed by atoms with Crippen molar-refractivity contribution in [1.82, 2.24) is 10.6 Å². The van der Waals surface area contributed by atoms with Crippen LogP contribution in [0.1, 0.15) is 41.0 Å². The quantitative estimate of drug-likeness (QED) is 0.738. The molecule has 0 saturated carbocycles. The highest BCUT2D eigenvalue weighted by Crippen LogP contribution is 2.15. The van der Waals surface area contributed by atoms with Gasteiger partial charge >= 0.3 is 6.09 Å². The van der Waals surface area contributed by atoms with E-state index in [2.05, 4.69) is 10.6 Å². The first-order chi connectivity index (χ1) is 12.1. The average molecular weight is 368 g/mol. The van der Waals surface area contributed by atoms with E-state index >= 15 is 0 Å². The van der Waals surface area contributed by atoms with E-state index in [1.165, 1.54) is 12.1 Å². The van der Waals surface area contributed by atoms with Gasteiger partial charge in [-0.2, -0.15) is 0 Å². The van der Waals surface area contributed by atoms with Gasteiger partial charge in [0, 0.05) is 6.54 Å². The number of carbonyl (C=O) groups excluding carboxylic acids is 2. The first-order valence-corrected chi connectivity index (χ1v) is 8.72. The third-order valence-corrected chi connectivity index (χ3v) is 3.45. The molecule has 0 heterocycles. The first kappa shape index (κ1) is 21.7. The maximum absolute atomic E-state index is 13.4. The second kappa shape index (κ2) is 9.99. The van der Waals surface area contributed by atoms with Gasteiger partial charge in [-0.05, 0) is 38.8 Å². The molecule has 2 N–H and O–H groups in total. The number of rotatable bonds is 8. The van der Waals surface area contributed by atoms with Crippen molar-refractivity contribution in [2.45, 2.75) is 52.7 Å². The number of alkyl carbamates (subject to hydrolysis) is 1. The summed E-state index contributed by atoms with van der Waals surface area (Å²) in [6, 6.07) is 5.77. The zero-order chi connectivity index (χ0) is 19.7. The molecule has 1 aromatic rings. The lowest BCUT2D eigenvalue weighted by Crippen LogP contribution is -2.48. The van der Waals surface area contributed by atoms with Crippen LogP contribution < -0.4 is 15.4 Å². The molecule has 2 amide bonds. The number of benzene rings is 1. The Hall–Kier alpha value is -2.31. The Morgan fingerprint density at radius 1 is 1.19 bits per heavy atom. The predicted molar refractivity (Wildman–Crippen MR) is 97.5 cm³/mol. The van der Waals surface area contributed by atoms with Gasteiger partial charge < -0.3 is 20.1 Å². The summed E-state index contributed by atoms with van der Waals surface area (Å²) in [7, 11) is 0. The highest BCUT2D eigenvalue weighted by molar-refractivity contribution is 5.76. The zero-order valence-electron chi connectivity index (χ0n) is 16.1. The van der Waals surface area contributed by atoms with Crippen LogP contribution in [0.2, 0.25) is 0 Å². The molecule has 0 fully saturated rings. The SMILES string of the molecule is CC(C)C(CNC(=O)CCOc1ccccc1F)NC(=O)OC(C)(C)C. The summed E-state index contributed by atoms with van der Waals surface area (Å²) in [6.07, 6.45) is -0.431. The monoisotopic (exact) mass is 368 g/mol. The number of hydrogen-bond acceptors (Lipinski definition) is 4. The number of para-hydroxylation sites is 1. The molecule has 6 nitrogen and oxygen atoms in total. The van der Waals surface area contributed by atoms with Crippen LogP contribution in [0.3, 0.4) is 0 Å². The second-order valence-electron chi connectivity index (χ2n) is 7.33. The smallest absolute Gasteiger partial charge is 0.407 e. The molecule has 1 unspecified atom stereocenters. The molecule has 26 heavy (non-hydrogen) atoms. The van der Waals surface area contributed by atoms with Crippen molar-refractivity contribution >= 4 is 12.0 Å². The van der Waals surface area contributed by atoms with Crippen molar-refractivity contribution in [3.8, 4) is 5.75 Å². The second-order valence-corrected chi connectivity index (χ2v) is 7.33. The predicted octanol–water partition coefficient (Wildman–Crippen LogP) is 3.26. The minimum absolute atomic E-state index is 0.0681. The number of carbonyl (C=O) groups is 2. The minimum atomic E-state index is -0.584. The van der Waals surface area contributed by atoms with Crippen molar-refractivity contribution in [1.29, 1.82) is 0 Å². The van der Waals surface area contributed by atoms with Gasteiger partial charge in [0.15, 0.2) is 11.6 Å². The van der Waals surface area contributed by atoms with E-state index in [1.807, 2.05) is 13.8 Å². The lowest BCUT2D eigenvalue weighted by atomic mass is 10.0. The molecule has 0 spiro atoms. The topological polar surface area (TPSA) is 76.7 Å². The maximum Gasteiger partial charge on any atom is 0.407 e. The number of amides is 2. The highest BCUT2D eigenvalue weighted by Gasteiger charge is 2.21. The summed E-state index contributed by atoms with van der Waals surface area (Å²) in [6.45, 7) is 9.58. The molecule has 0 bridgehead atoms. The Morgan fingerprint density at radius 3 is 2.42 bits per heavy atom. The molecule has 7 heteroatoms. The number of ether oxygens (including phenoxy) is 2. The summed E-state index contributed by atoms with van der Waals surface area (Å²) in [5, 5.41) is 5.51. The zero-order valence-corrected chi connectivity index (χ0v) is 16.1. The fraction of sp³-hybridized carbons (Fsp3) is 0.579. The molecule has 0 aliphatic heterocycles. The van der Waals surface area contributed by atoms with E-state index in [1.54, 1.807) is 32.9 Å². The summed E-state index contributed by atoms with van der Waals surface area (Å²) in [4.78, 5) is 23.8. The lowest BCUT2D eigenvalue weighted by Gasteiger charge is -2.26. The van der Waals surface area contributed by atoms with Crippen molar-refractivity contribution in [3.05, 3.63) is 30.1 Å². The number of nitrogens with one attached hydrogen (secondary N) is 2. The van der Waals surface area contributed by atoms with Crippen LogP contribution in [-0.2, 0) is 9.53 Å². The summed E-state index contributed by atoms with van der Waals surface area (Å²) in [5.41, 5.74) is -0.584. The number of halogens is 1. The maximum atomic E-state index is 13.4. The molecule has 0 aliphatic carbocycles. The summed E-state index contributed by atoms with van der Waals surface area (Å²) >= 11 is 0. The van der Waals surface area contributed by atoms with Crippen LogP contribution in [0.5, 0.6) is 5.75 Å². The van der Waals surface area contributed by atoms with Gasteiger partial charge in [-0.3, -0.25) is 4.79 Å². The molecular formula is C19H29FN2O4. The summed E-state index contributed by atoms with van der Waals surface area (Å²) < 4.78 is 23.9. The van der Waals surface area contributed by atoms with Gasteiger partial charge in [0.05, 0.1) is 19.1 Å². The van der Waals surface area contributed by atoms with E-state index in [9.17, 15) is 14.0 Å². The molecule has 1 aromatic carbocycles. The van der Waals surface area contributed by atoms with E-state index in [4.69, 9.17) is 9.47 Å². The largest absolute Gasteiger partial charge is 0.490 e. The Bertz CT molecular complexity index is 599. The normalized spacial score (nSPS) is 12.4. The van der Waals surface area contributed by atoms with Gasteiger partial charge in [0.2, 0.25) is 5.91 Å². The van der Waals surface area contributed by atoms with Crippen molar-refractivity contribution < 1.29 is 23.5 Å². The average Bonchev–Trinajstić information content (AvgIpc) is 2.51. The van der Waals surface area contributed by atoms with Crippen LogP contribution in [0.15, 0.2) is 24.3 Å². The van der Waals surface area contributed by atoms with Crippen LogP contribution in [0.25, 0.3) is 0 Å². The van der Waals surface area contributed by atoms with Crippen molar-refractivity contribution in [2.24, 2.45) is 5.92 Å². The van der Waals surface area contributed by atoms with Crippen LogP contribution >= 0.6 is 0 Å². The van der Waals surface area contributed by atoms with E-state index in [0.717, 1.165) is 0 Å². The minimum Gasteiger partial charge on any atom is -0.490 e. The molecule has 0 aromatic heterocycles. The van der Waals surface area contributed by atoms with Crippen LogP contribution in [0.4, 0.5) is 9.18 Å². The third kappa shape index (κ3) is 8.69. The molecule has 1 atom stereocenters. The Morgan fingerprint density at radius 2 is 1.85 bits per heavy atom. The molecule has 0 aliphatic rings. The lowest BCUT2D eigenvalue weighted by molar-refractivity contribution is -0.121. The van der Waals surface area contributed by atoms with Crippen LogP contribution in [-0.4, -0.2) is 36.8 Å². The molecule has 1 rings (SSSR count). The summed E-state index contributed by atoms with van der Waals surface area (Å²) in [5.74, 6) is -0.475. The Balaban J connectivity index is 2.37. The van der Waals surface area contributed by atoms with Gasteiger partial charge in [-0.15, -0.1) is 0 Å². The molecule has 0 saturated heterocycles. The highest BCUT2D eigenvalue weighted by atomic mass is 19.1. The Kier molecular flexibility index (Phi) is 8.35. The van der Waals surface area contributed by atoms with Crippen molar-refractivity contribution in [2.75, 3.05) is 13.2 Å². The standard InChI is InChI=1S/C19H29FN2O4/c1-13(2)15(22-18(24)26-19(3,4)5)12-21-17(23)10-11-25-16-9-7-6-8-14(16)20/h6-9,13,15H,10-12H2,1-5H3,(H,21,23)(H,22,24). The molecule has 146 valence electrons. The Labute approximate surface area is 154 Å². The van der Waals surface area contributed by atoms with Crippen LogP contribution in [0, 0.1) is 11.7 Å². The van der Waals surface area contributed by atoms with Gasteiger partial charge in [0.1, 0.15) is 5.60 Å². The molecule has 0 radical (unpaired) electrons. The fourth-order valence-corrected chi connectivity index (χ4v) is 2.04. The number of hydrogen-bond donors (Lipinski definition) is 2.